The Morgan fingerprint density at radius 1 is 1.47 bits per heavy atom. The van der Waals surface area contributed by atoms with Crippen molar-refractivity contribution in [2.75, 3.05) is 6.54 Å². The molecule has 1 heterocycles. The highest BCUT2D eigenvalue weighted by Crippen LogP contribution is 2.32. The molecule has 3 nitrogen and oxygen atoms in total. The van der Waals surface area contributed by atoms with Gasteiger partial charge in [0.1, 0.15) is 0 Å². The first-order chi connectivity index (χ1) is 8.20. The summed E-state index contributed by atoms with van der Waals surface area (Å²) in [5.41, 5.74) is 2.54. The molecule has 0 aromatic carbocycles. The summed E-state index contributed by atoms with van der Waals surface area (Å²) < 4.78 is 2.22. The lowest BCUT2D eigenvalue weighted by molar-refractivity contribution is 0.266. The fourth-order valence-corrected chi connectivity index (χ4v) is 2.78. The van der Waals surface area contributed by atoms with Gasteiger partial charge in [0.05, 0.1) is 11.7 Å². The normalized spacial score (nSPS) is 25.1. The van der Waals surface area contributed by atoms with Crippen molar-refractivity contribution in [1.29, 1.82) is 0 Å². The number of hydrogen-bond acceptors (Lipinski definition) is 2. The van der Waals surface area contributed by atoms with Crippen LogP contribution >= 0.6 is 0 Å². The van der Waals surface area contributed by atoms with E-state index in [2.05, 4.69) is 37.0 Å². The third-order valence-corrected chi connectivity index (χ3v) is 3.87. The molecule has 0 bridgehead atoms. The Kier molecular flexibility index (Phi) is 4.21. The van der Waals surface area contributed by atoms with E-state index in [1.54, 1.807) is 0 Å². The Labute approximate surface area is 105 Å². The van der Waals surface area contributed by atoms with Crippen molar-refractivity contribution in [2.24, 2.45) is 5.92 Å². The van der Waals surface area contributed by atoms with Crippen LogP contribution in [0.25, 0.3) is 0 Å². The first kappa shape index (κ1) is 12.6. The summed E-state index contributed by atoms with van der Waals surface area (Å²) in [5, 5.41) is 8.08. The molecular weight excluding hydrogens is 210 g/mol. The topological polar surface area (TPSA) is 29.9 Å². The van der Waals surface area contributed by atoms with Crippen molar-refractivity contribution in [3.05, 3.63) is 17.5 Å². The fraction of sp³-hybridized carbons (Fsp3) is 0.786. The summed E-state index contributed by atoms with van der Waals surface area (Å²) in [6.07, 6.45) is 7.59. The monoisotopic (exact) mass is 235 g/mol. The molecule has 1 aliphatic rings. The average molecular weight is 235 g/mol. The Morgan fingerprint density at radius 2 is 2.29 bits per heavy atom. The average Bonchev–Trinajstić information content (AvgIpc) is 2.68. The van der Waals surface area contributed by atoms with Crippen LogP contribution in [0.4, 0.5) is 0 Å². The third-order valence-electron chi connectivity index (χ3n) is 3.87. The van der Waals surface area contributed by atoms with Crippen LogP contribution in [0, 0.1) is 12.8 Å². The van der Waals surface area contributed by atoms with Crippen LogP contribution in [0.3, 0.4) is 0 Å². The molecule has 2 unspecified atom stereocenters. The highest BCUT2D eigenvalue weighted by atomic mass is 15.3. The van der Waals surface area contributed by atoms with E-state index in [9.17, 15) is 0 Å². The minimum Gasteiger partial charge on any atom is -0.313 e. The zero-order valence-electron chi connectivity index (χ0n) is 11.4. The standard InChI is InChI=1S/C14H25N3/c1-4-15-9-13-10-17(16-12(13)3)14-7-5-6-11(2)8-14/h10-11,14-15H,4-9H2,1-3H3. The van der Waals surface area contributed by atoms with Crippen LogP contribution in [0.2, 0.25) is 0 Å². The van der Waals surface area contributed by atoms with Crippen LogP contribution in [0.5, 0.6) is 0 Å². The minimum atomic E-state index is 0.632. The highest BCUT2D eigenvalue weighted by molar-refractivity contribution is 5.15. The van der Waals surface area contributed by atoms with E-state index in [4.69, 9.17) is 5.10 Å². The molecule has 0 aliphatic heterocycles. The lowest BCUT2D eigenvalue weighted by atomic mass is 9.87. The maximum Gasteiger partial charge on any atom is 0.0638 e. The van der Waals surface area contributed by atoms with Gasteiger partial charge in [-0.3, -0.25) is 4.68 Å². The van der Waals surface area contributed by atoms with Crippen molar-refractivity contribution in [3.63, 3.8) is 0 Å². The number of nitrogens with one attached hydrogen (secondary N) is 1. The summed E-state index contributed by atoms with van der Waals surface area (Å²) >= 11 is 0. The van der Waals surface area contributed by atoms with E-state index < -0.39 is 0 Å². The maximum absolute atomic E-state index is 4.70. The van der Waals surface area contributed by atoms with Crippen LogP contribution < -0.4 is 5.32 Å². The highest BCUT2D eigenvalue weighted by Gasteiger charge is 2.21. The van der Waals surface area contributed by atoms with Gasteiger partial charge < -0.3 is 5.32 Å². The predicted molar refractivity (Wildman–Crippen MR) is 71.0 cm³/mol. The second-order valence-electron chi connectivity index (χ2n) is 5.43. The molecule has 0 amide bonds. The van der Waals surface area contributed by atoms with Crippen molar-refractivity contribution < 1.29 is 0 Å². The molecule has 17 heavy (non-hydrogen) atoms. The molecule has 96 valence electrons. The number of aryl methyl sites for hydroxylation is 1. The molecule has 2 rings (SSSR count). The molecule has 0 radical (unpaired) electrons. The fourth-order valence-electron chi connectivity index (χ4n) is 2.78. The van der Waals surface area contributed by atoms with Gasteiger partial charge in [-0.15, -0.1) is 0 Å². The van der Waals surface area contributed by atoms with Crippen molar-refractivity contribution >= 4 is 0 Å². The van der Waals surface area contributed by atoms with E-state index in [0.29, 0.717) is 6.04 Å². The molecule has 3 heteroatoms. The van der Waals surface area contributed by atoms with Gasteiger partial charge in [-0.05, 0) is 32.2 Å². The van der Waals surface area contributed by atoms with Crippen molar-refractivity contribution in [1.82, 2.24) is 15.1 Å². The quantitative estimate of drug-likeness (QED) is 0.869. The number of hydrogen-bond donors (Lipinski definition) is 1. The zero-order valence-corrected chi connectivity index (χ0v) is 11.4. The van der Waals surface area contributed by atoms with E-state index in [1.165, 1.54) is 36.9 Å². The van der Waals surface area contributed by atoms with Gasteiger partial charge in [0.25, 0.3) is 0 Å². The van der Waals surface area contributed by atoms with Crippen molar-refractivity contribution in [2.45, 2.75) is 59.0 Å². The Balaban J connectivity index is 2.05. The van der Waals surface area contributed by atoms with E-state index in [-0.39, 0.29) is 0 Å². The molecule has 1 aromatic rings. The molecule has 0 spiro atoms. The van der Waals surface area contributed by atoms with E-state index in [0.717, 1.165) is 19.0 Å². The van der Waals surface area contributed by atoms with Gasteiger partial charge in [0.15, 0.2) is 0 Å². The Bertz CT molecular complexity index is 356. The molecule has 1 aliphatic carbocycles. The molecule has 1 fully saturated rings. The van der Waals surface area contributed by atoms with Crippen LogP contribution in [-0.4, -0.2) is 16.3 Å². The van der Waals surface area contributed by atoms with Crippen LogP contribution in [0.15, 0.2) is 6.20 Å². The number of rotatable bonds is 4. The lowest BCUT2D eigenvalue weighted by Gasteiger charge is -2.26. The molecule has 1 aromatic heterocycles. The summed E-state index contributed by atoms with van der Waals surface area (Å²) in [6.45, 7) is 8.59. The van der Waals surface area contributed by atoms with Gasteiger partial charge in [-0.1, -0.05) is 26.7 Å². The van der Waals surface area contributed by atoms with Gasteiger partial charge in [0.2, 0.25) is 0 Å². The first-order valence-corrected chi connectivity index (χ1v) is 6.96. The second kappa shape index (κ2) is 5.67. The van der Waals surface area contributed by atoms with Gasteiger partial charge in [-0.25, -0.2) is 0 Å². The van der Waals surface area contributed by atoms with Gasteiger partial charge in [-0.2, -0.15) is 5.10 Å². The summed E-state index contributed by atoms with van der Waals surface area (Å²) in [6, 6.07) is 0.632. The number of aromatic nitrogens is 2. The molecule has 1 N–H and O–H groups in total. The lowest BCUT2D eigenvalue weighted by Crippen LogP contribution is -2.18. The Morgan fingerprint density at radius 3 is 3.00 bits per heavy atom. The minimum absolute atomic E-state index is 0.632. The predicted octanol–water partition coefficient (Wildman–Crippen LogP) is 3.05. The van der Waals surface area contributed by atoms with E-state index in [1.807, 2.05) is 0 Å². The first-order valence-electron chi connectivity index (χ1n) is 6.96. The maximum atomic E-state index is 4.70. The summed E-state index contributed by atoms with van der Waals surface area (Å²) in [5.74, 6) is 0.857. The largest absolute Gasteiger partial charge is 0.313 e. The molecule has 0 saturated heterocycles. The smallest absolute Gasteiger partial charge is 0.0638 e. The number of nitrogens with zero attached hydrogens (tertiary/aromatic N) is 2. The van der Waals surface area contributed by atoms with E-state index >= 15 is 0 Å². The SMILES string of the molecule is CCNCc1cn(C2CCCC(C)C2)nc1C. The van der Waals surface area contributed by atoms with Crippen LogP contribution in [-0.2, 0) is 6.54 Å². The Hall–Kier alpha value is -0.830. The van der Waals surface area contributed by atoms with Gasteiger partial charge >= 0.3 is 0 Å². The molecular formula is C14H25N3. The summed E-state index contributed by atoms with van der Waals surface area (Å²) in [4.78, 5) is 0. The second-order valence-corrected chi connectivity index (χ2v) is 5.43. The molecule has 1 saturated carbocycles. The van der Waals surface area contributed by atoms with Crippen LogP contribution in [0.1, 0.15) is 56.8 Å². The zero-order chi connectivity index (χ0) is 12.3. The third kappa shape index (κ3) is 3.09. The summed E-state index contributed by atoms with van der Waals surface area (Å²) in [7, 11) is 0. The molecule has 2 atom stereocenters. The van der Waals surface area contributed by atoms with Gasteiger partial charge in [0, 0.05) is 18.3 Å². The van der Waals surface area contributed by atoms with Crippen molar-refractivity contribution in [3.8, 4) is 0 Å².